The van der Waals surface area contributed by atoms with Crippen LogP contribution in [0.15, 0.2) is 42.5 Å². The monoisotopic (exact) mass is 355 g/mol. The van der Waals surface area contributed by atoms with Crippen LogP contribution in [0, 0.1) is 6.92 Å². The quantitative estimate of drug-likeness (QED) is 0.740. The molecule has 2 aromatic carbocycles. The summed E-state index contributed by atoms with van der Waals surface area (Å²) in [7, 11) is 0. The van der Waals surface area contributed by atoms with E-state index in [-0.39, 0.29) is 23.0 Å². The van der Waals surface area contributed by atoms with E-state index in [4.69, 9.17) is 11.6 Å². The zero-order valence-electron chi connectivity index (χ0n) is 13.1. The summed E-state index contributed by atoms with van der Waals surface area (Å²) in [6.45, 7) is 2.00. The Bertz CT molecular complexity index is 711. The molecule has 0 fully saturated rings. The van der Waals surface area contributed by atoms with E-state index in [1.807, 2.05) is 31.2 Å². The predicted molar refractivity (Wildman–Crippen MR) is 89.2 cm³/mol. The lowest BCUT2D eigenvalue weighted by Crippen LogP contribution is -2.13. The smallest absolute Gasteiger partial charge is 0.325 e. The van der Waals surface area contributed by atoms with Gasteiger partial charge in [0.1, 0.15) is 0 Å². The van der Waals surface area contributed by atoms with Crippen molar-refractivity contribution in [2.24, 2.45) is 0 Å². The second-order valence-electron chi connectivity index (χ2n) is 5.58. The van der Waals surface area contributed by atoms with Gasteiger partial charge in [-0.3, -0.25) is 4.79 Å². The summed E-state index contributed by atoms with van der Waals surface area (Å²) in [5.41, 5.74) is 1.41. The minimum absolute atomic E-state index is 0.0215. The summed E-state index contributed by atoms with van der Waals surface area (Å²) in [4.78, 5) is 11.9. The maximum atomic E-state index is 12.7. The first-order valence-corrected chi connectivity index (χ1v) is 7.85. The topological polar surface area (TPSA) is 29.1 Å². The number of anilines is 1. The molecule has 0 aliphatic carbocycles. The molecule has 1 amide bonds. The average molecular weight is 356 g/mol. The highest BCUT2D eigenvalue weighted by Crippen LogP contribution is 2.33. The van der Waals surface area contributed by atoms with Crippen LogP contribution in [0.4, 0.5) is 18.9 Å². The largest absolute Gasteiger partial charge is 0.416 e. The Morgan fingerprint density at radius 3 is 2.42 bits per heavy atom. The molecule has 0 saturated carbocycles. The van der Waals surface area contributed by atoms with Gasteiger partial charge in [0.2, 0.25) is 5.91 Å². The van der Waals surface area contributed by atoms with E-state index in [1.165, 1.54) is 0 Å². The first kappa shape index (κ1) is 18.3. The van der Waals surface area contributed by atoms with Gasteiger partial charge in [0, 0.05) is 6.42 Å². The number of carbonyl (C=O) groups is 1. The maximum absolute atomic E-state index is 12.7. The molecule has 2 aromatic rings. The Morgan fingerprint density at radius 2 is 1.79 bits per heavy atom. The summed E-state index contributed by atoms with van der Waals surface area (Å²) < 4.78 is 38.1. The number of aryl methyl sites for hydroxylation is 2. The van der Waals surface area contributed by atoms with Crippen molar-refractivity contribution in [2.45, 2.75) is 32.4 Å². The van der Waals surface area contributed by atoms with Crippen LogP contribution in [0.1, 0.15) is 29.5 Å². The van der Waals surface area contributed by atoms with E-state index in [0.717, 1.165) is 35.7 Å². The van der Waals surface area contributed by atoms with Crippen molar-refractivity contribution >= 4 is 23.2 Å². The summed E-state index contributed by atoms with van der Waals surface area (Å²) in [5.74, 6) is -0.358. The number of amides is 1. The van der Waals surface area contributed by atoms with Gasteiger partial charge in [-0.1, -0.05) is 41.4 Å². The number of rotatable bonds is 5. The number of halogens is 4. The van der Waals surface area contributed by atoms with Crippen molar-refractivity contribution in [3.8, 4) is 0 Å². The molecule has 128 valence electrons. The normalized spacial score (nSPS) is 11.4. The Hall–Kier alpha value is -2.01. The van der Waals surface area contributed by atoms with Crippen molar-refractivity contribution in [3.63, 3.8) is 0 Å². The highest BCUT2D eigenvalue weighted by Gasteiger charge is 2.31. The van der Waals surface area contributed by atoms with Crippen molar-refractivity contribution in [1.29, 1.82) is 0 Å². The minimum atomic E-state index is -4.48. The molecule has 6 heteroatoms. The lowest BCUT2D eigenvalue weighted by Gasteiger charge is -2.11. The lowest BCUT2D eigenvalue weighted by molar-refractivity contribution is -0.137. The third kappa shape index (κ3) is 5.27. The van der Waals surface area contributed by atoms with Crippen molar-refractivity contribution in [1.82, 2.24) is 0 Å². The lowest BCUT2D eigenvalue weighted by atomic mass is 10.1. The molecule has 0 saturated heterocycles. The van der Waals surface area contributed by atoms with E-state index >= 15 is 0 Å². The number of hydrogen-bond acceptors (Lipinski definition) is 1. The van der Waals surface area contributed by atoms with Gasteiger partial charge in [0.05, 0.1) is 16.3 Å². The Kier molecular flexibility index (Phi) is 5.89. The maximum Gasteiger partial charge on any atom is 0.416 e. The fourth-order valence-electron chi connectivity index (χ4n) is 2.22. The third-order valence-corrected chi connectivity index (χ3v) is 3.89. The number of carbonyl (C=O) groups excluding carboxylic acids is 1. The van der Waals surface area contributed by atoms with Gasteiger partial charge in [-0.25, -0.2) is 0 Å². The summed E-state index contributed by atoms with van der Waals surface area (Å²) >= 11 is 5.85. The second-order valence-corrected chi connectivity index (χ2v) is 5.99. The molecule has 0 spiro atoms. The molecule has 0 unspecified atom stereocenters. The number of alkyl halides is 3. The van der Waals surface area contributed by atoms with Gasteiger partial charge in [0.15, 0.2) is 0 Å². The number of nitrogens with one attached hydrogen (secondary N) is 1. The molecule has 0 bridgehead atoms. The van der Waals surface area contributed by atoms with Crippen molar-refractivity contribution in [3.05, 3.63) is 64.2 Å². The highest BCUT2D eigenvalue weighted by atomic mass is 35.5. The molecule has 1 N–H and O–H groups in total. The van der Waals surface area contributed by atoms with E-state index in [0.29, 0.717) is 6.42 Å². The third-order valence-electron chi connectivity index (χ3n) is 3.56. The van der Waals surface area contributed by atoms with Crippen LogP contribution in [0.3, 0.4) is 0 Å². The first-order valence-electron chi connectivity index (χ1n) is 7.48. The first-order chi connectivity index (χ1) is 11.3. The van der Waals surface area contributed by atoms with Crippen LogP contribution in [0.25, 0.3) is 0 Å². The molecular weight excluding hydrogens is 339 g/mol. The van der Waals surface area contributed by atoms with Crippen LogP contribution >= 0.6 is 11.6 Å². The molecule has 0 heterocycles. The molecule has 0 radical (unpaired) electrons. The molecule has 0 aromatic heterocycles. The SMILES string of the molecule is Cc1ccc(CCCC(=O)Nc2cc(C(F)(F)F)ccc2Cl)cc1. The molecular formula is C18H17ClF3NO. The standard InChI is InChI=1S/C18H17ClF3NO/c1-12-5-7-13(8-6-12)3-2-4-17(24)23-16-11-14(18(20,21)22)9-10-15(16)19/h5-11H,2-4H2,1H3,(H,23,24). The zero-order valence-corrected chi connectivity index (χ0v) is 13.8. The Balaban J connectivity index is 1.91. The zero-order chi connectivity index (χ0) is 17.7. The molecule has 2 nitrogen and oxygen atoms in total. The van der Waals surface area contributed by atoms with Crippen LogP contribution in [-0.4, -0.2) is 5.91 Å². The second kappa shape index (κ2) is 7.71. The number of hydrogen-bond donors (Lipinski definition) is 1. The molecule has 24 heavy (non-hydrogen) atoms. The molecule has 0 atom stereocenters. The molecule has 0 aliphatic rings. The van der Waals surface area contributed by atoms with Crippen molar-refractivity contribution < 1.29 is 18.0 Å². The summed E-state index contributed by atoms with van der Waals surface area (Å²) in [6.07, 6.45) is -2.94. The van der Waals surface area contributed by atoms with E-state index in [9.17, 15) is 18.0 Å². The van der Waals surface area contributed by atoms with Gasteiger partial charge < -0.3 is 5.32 Å². The van der Waals surface area contributed by atoms with Gasteiger partial charge in [0.25, 0.3) is 0 Å². The van der Waals surface area contributed by atoms with Gasteiger partial charge in [-0.15, -0.1) is 0 Å². The van der Waals surface area contributed by atoms with Crippen LogP contribution in [0.5, 0.6) is 0 Å². The van der Waals surface area contributed by atoms with E-state index in [2.05, 4.69) is 5.32 Å². The minimum Gasteiger partial charge on any atom is -0.325 e. The van der Waals surface area contributed by atoms with Gasteiger partial charge in [-0.2, -0.15) is 13.2 Å². The van der Waals surface area contributed by atoms with Gasteiger partial charge >= 0.3 is 6.18 Å². The van der Waals surface area contributed by atoms with Gasteiger partial charge in [-0.05, 0) is 43.5 Å². The number of benzene rings is 2. The molecule has 0 aliphatic heterocycles. The fourth-order valence-corrected chi connectivity index (χ4v) is 2.38. The fraction of sp³-hybridized carbons (Fsp3) is 0.278. The summed E-state index contributed by atoms with van der Waals surface area (Å²) in [6, 6.07) is 10.9. The highest BCUT2D eigenvalue weighted by molar-refractivity contribution is 6.33. The Labute approximate surface area is 143 Å². The predicted octanol–water partition coefficient (Wildman–Crippen LogP) is 5.63. The average Bonchev–Trinajstić information content (AvgIpc) is 2.50. The van der Waals surface area contributed by atoms with Crippen LogP contribution in [0.2, 0.25) is 5.02 Å². The van der Waals surface area contributed by atoms with Crippen LogP contribution in [-0.2, 0) is 17.4 Å². The Morgan fingerprint density at radius 1 is 1.12 bits per heavy atom. The molecule has 2 rings (SSSR count). The van der Waals surface area contributed by atoms with Crippen LogP contribution < -0.4 is 5.32 Å². The van der Waals surface area contributed by atoms with Crippen molar-refractivity contribution in [2.75, 3.05) is 5.32 Å². The van der Waals surface area contributed by atoms with E-state index in [1.54, 1.807) is 0 Å². The summed E-state index contributed by atoms with van der Waals surface area (Å²) in [5, 5.41) is 2.53. The van der Waals surface area contributed by atoms with E-state index < -0.39 is 11.7 Å².